The van der Waals surface area contributed by atoms with Gasteiger partial charge in [0.2, 0.25) is 11.7 Å². The first-order valence-electron chi connectivity index (χ1n) is 11.6. The number of benzene rings is 1. The molecule has 6 atom stereocenters. The van der Waals surface area contributed by atoms with Gasteiger partial charge >= 0.3 is 10.4 Å². The number of nitrogens with zero attached hydrogens (tertiary/aromatic N) is 2. The molecule has 6 heterocycles. The van der Waals surface area contributed by atoms with Crippen molar-refractivity contribution in [2.24, 2.45) is 11.8 Å². The van der Waals surface area contributed by atoms with Gasteiger partial charge in [-0.25, -0.2) is 8.37 Å². The average molecular weight is 489 g/mol. The molecule has 1 amide bonds. The summed E-state index contributed by atoms with van der Waals surface area (Å²) >= 11 is 0. The lowest BCUT2D eigenvalue weighted by Gasteiger charge is -2.66. The second-order valence-corrected chi connectivity index (χ2v) is 11.5. The van der Waals surface area contributed by atoms with Crippen molar-refractivity contribution in [3.05, 3.63) is 29.3 Å². The maximum absolute atomic E-state index is 13.6. The molecule has 0 radical (unpaired) electrons. The molecule has 0 N–H and O–H groups in total. The Morgan fingerprint density at radius 2 is 1.91 bits per heavy atom. The number of hydrogen-bond acceptors (Lipinski definition) is 9. The maximum Gasteiger partial charge on any atom is 0.405 e. The summed E-state index contributed by atoms with van der Waals surface area (Å²) in [6, 6.07) is 3.28. The Balaban J connectivity index is 1.46. The van der Waals surface area contributed by atoms with E-state index in [0.717, 1.165) is 29.8 Å². The highest BCUT2D eigenvalue weighted by Crippen LogP contribution is 2.71. The van der Waals surface area contributed by atoms with Crippen LogP contribution in [-0.2, 0) is 33.7 Å². The Kier molecular flexibility index (Phi) is 3.51. The summed E-state index contributed by atoms with van der Waals surface area (Å²) in [4.78, 5) is 17.9. The van der Waals surface area contributed by atoms with Crippen LogP contribution in [0.2, 0.25) is 0 Å². The molecule has 1 aromatic rings. The summed E-state index contributed by atoms with van der Waals surface area (Å²) in [7, 11) is -0.902. The Morgan fingerprint density at radius 1 is 1.15 bits per heavy atom. The molecule has 0 aromatic heterocycles. The van der Waals surface area contributed by atoms with E-state index in [4.69, 9.17) is 22.6 Å². The molecule has 2 bridgehead atoms. The van der Waals surface area contributed by atoms with Gasteiger partial charge in [0.1, 0.15) is 0 Å². The summed E-state index contributed by atoms with van der Waals surface area (Å²) in [6.45, 7) is 1.84. The second kappa shape index (κ2) is 5.96. The van der Waals surface area contributed by atoms with Crippen LogP contribution in [0.1, 0.15) is 18.4 Å². The van der Waals surface area contributed by atoms with Crippen molar-refractivity contribution in [3.63, 3.8) is 0 Å². The second-order valence-electron chi connectivity index (χ2n) is 10.3. The van der Waals surface area contributed by atoms with E-state index in [1.54, 1.807) is 14.2 Å². The van der Waals surface area contributed by atoms with Gasteiger partial charge in [-0.3, -0.25) is 9.69 Å². The van der Waals surface area contributed by atoms with E-state index in [1.165, 1.54) is 0 Å². The van der Waals surface area contributed by atoms with Crippen LogP contribution in [0, 0.1) is 11.8 Å². The minimum absolute atomic E-state index is 0.00980. The molecule has 180 valence electrons. The van der Waals surface area contributed by atoms with E-state index >= 15 is 0 Å². The van der Waals surface area contributed by atoms with Crippen molar-refractivity contribution >= 4 is 22.0 Å². The third-order valence-corrected chi connectivity index (χ3v) is 10.2. The standard InChI is InChI=1S/C23H24N2O8S/c1-29-14-7-12-13(8-15(14)30-2)25-17(26)9-16-18-19-11(3-6-31-16)10-24-5-4-22(12,20(18)25)21(24)23(19)32-34(27,28)33-23/h3,7-8,16,18-21H,4-6,9-10H2,1-2H3/t16-,18+,19-,20-,21+,22-/m0/s1. The number of piperidine rings is 2. The highest BCUT2D eigenvalue weighted by atomic mass is 32.3. The van der Waals surface area contributed by atoms with Gasteiger partial charge in [0.05, 0.1) is 51.1 Å². The topological polar surface area (TPSA) is 104 Å². The molecular weight excluding hydrogens is 464 g/mol. The summed E-state index contributed by atoms with van der Waals surface area (Å²) in [5.74, 6) is -0.665. The third-order valence-electron chi connectivity index (χ3n) is 9.28. The lowest BCUT2D eigenvalue weighted by Crippen LogP contribution is -2.82. The lowest BCUT2D eigenvalue weighted by molar-refractivity contribution is -0.300. The zero-order valence-corrected chi connectivity index (χ0v) is 19.5. The summed E-state index contributed by atoms with van der Waals surface area (Å²) in [6.07, 6.45) is 2.65. The van der Waals surface area contributed by atoms with Crippen LogP contribution in [0.3, 0.4) is 0 Å². The molecule has 1 aromatic carbocycles. The Morgan fingerprint density at radius 3 is 2.65 bits per heavy atom. The fourth-order valence-electron chi connectivity index (χ4n) is 8.52. The first-order chi connectivity index (χ1) is 16.3. The highest BCUT2D eigenvalue weighted by Gasteiger charge is 2.83. The number of fused-ring (bicyclic) bond motifs is 2. The van der Waals surface area contributed by atoms with Gasteiger partial charge in [-0.1, -0.05) is 6.08 Å². The fourth-order valence-corrected chi connectivity index (χ4v) is 9.56. The van der Waals surface area contributed by atoms with Crippen molar-refractivity contribution in [2.75, 3.05) is 38.8 Å². The Hall–Kier alpha value is -2.18. The molecule has 8 rings (SSSR count). The number of methoxy groups -OCH3 is 2. The number of carbonyl (C=O) groups excluding carboxylic acids is 1. The summed E-state index contributed by atoms with van der Waals surface area (Å²) in [5.41, 5.74) is 2.25. The van der Waals surface area contributed by atoms with E-state index in [1.807, 2.05) is 23.1 Å². The molecule has 0 unspecified atom stereocenters. The van der Waals surface area contributed by atoms with Gasteiger partial charge < -0.3 is 19.1 Å². The number of amides is 1. The van der Waals surface area contributed by atoms with Gasteiger partial charge in [-0.2, -0.15) is 8.42 Å². The number of carbonyl (C=O) groups is 1. The molecule has 34 heavy (non-hydrogen) atoms. The summed E-state index contributed by atoms with van der Waals surface area (Å²) < 4.78 is 53.8. The first-order valence-corrected chi connectivity index (χ1v) is 13.0. The monoisotopic (exact) mass is 488 g/mol. The number of anilines is 1. The Labute approximate surface area is 196 Å². The van der Waals surface area contributed by atoms with Crippen molar-refractivity contribution in [2.45, 2.75) is 42.2 Å². The van der Waals surface area contributed by atoms with E-state index in [2.05, 4.69) is 4.90 Å². The predicted octanol–water partition coefficient (Wildman–Crippen LogP) is 0.707. The number of ether oxygens (including phenoxy) is 3. The van der Waals surface area contributed by atoms with Gasteiger partial charge in [0.25, 0.3) is 0 Å². The minimum Gasteiger partial charge on any atom is -0.493 e. The average Bonchev–Trinajstić information content (AvgIpc) is 3.24. The van der Waals surface area contributed by atoms with Crippen LogP contribution in [0.15, 0.2) is 23.8 Å². The molecule has 1 saturated carbocycles. The predicted molar refractivity (Wildman–Crippen MR) is 116 cm³/mol. The van der Waals surface area contributed by atoms with Crippen LogP contribution in [0.25, 0.3) is 0 Å². The fraction of sp³-hybridized carbons (Fsp3) is 0.609. The number of rotatable bonds is 2. The molecule has 10 nitrogen and oxygen atoms in total. The van der Waals surface area contributed by atoms with Crippen molar-refractivity contribution in [1.29, 1.82) is 0 Å². The van der Waals surface area contributed by atoms with Crippen LogP contribution >= 0.6 is 0 Å². The summed E-state index contributed by atoms with van der Waals surface area (Å²) in [5, 5.41) is 0. The van der Waals surface area contributed by atoms with E-state index in [9.17, 15) is 13.2 Å². The van der Waals surface area contributed by atoms with E-state index in [-0.39, 0.29) is 42.4 Å². The molecular formula is C23H24N2O8S. The Bertz CT molecular complexity index is 1300. The molecule has 4 saturated heterocycles. The zero-order valence-electron chi connectivity index (χ0n) is 18.7. The van der Waals surface area contributed by atoms with Crippen molar-refractivity contribution in [3.8, 4) is 11.5 Å². The molecule has 11 heteroatoms. The highest BCUT2D eigenvalue weighted by molar-refractivity contribution is 7.82. The van der Waals surface area contributed by atoms with Crippen LogP contribution < -0.4 is 14.4 Å². The zero-order chi connectivity index (χ0) is 23.2. The van der Waals surface area contributed by atoms with Gasteiger partial charge in [-0.05, 0) is 23.6 Å². The molecule has 2 spiro atoms. The normalized spacial score (nSPS) is 41.5. The molecule has 7 aliphatic rings. The van der Waals surface area contributed by atoms with Crippen LogP contribution in [0.5, 0.6) is 11.5 Å². The smallest absolute Gasteiger partial charge is 0.405 e. The van der Waals surface area contributed by atoms with Gasteiger partial charge in [-0.15, -0.1) is 0 Å². The van der Waals surface area contributed by atoms with Crippen LogP contribution in [0.4, 0.5) is 5.69 Å². The van der Waals surface area contributed by atoms with E-state index < -0.39 is 21.6 Å². The van der Waals surface area contributed by atoms with Gasteiger partial charge in [0, 0.05) is 36.4 Å². The number of hydrogen-bond donors (Lipinski definition) is 0. The minimum atomic E-state index is -4.07. The van der Waals surface area contributed by atoms with Crippen molar-refractivity contribution < 1.29 is 35.8 Å². The van der Waals surface area contributed by atoms with Crippen LogP contribution in [-0.4, -0.2) is 77.1 Å². The first kappa shape index (κ1) is 20.1. The SMILES string of the molecule is COc1cc2c(cc1OC)[C@@]13CCN4CC5=CCO[C@H]6CC(=O)N2[C@H]1[C@H]6[C@H]5C1(OS(=O)(=O)O1)[C@H]43. The lowest BCUT2D eigenvalue weighted by atomic mass is 9.51. The maximum atomic E-state index is 13.6. The largest absolute Gasteiger partial charge is 0.493 e. The van der Waals surface area contributed by atoms with Crippen molar-refractivity contribution in [1.82, 2.24) is 4.90 Å². The van der Waals surface area contributed by atoms with E-state index in [0.29, 0.717) is 24.7 Å². The van der Waals surface area contributed by atoms with Gasteiger partial charge in [0.15, 0.2) is 11.5 Å². The quantitative estimate of drug-likeness (QED) is 0.557. The molecule has 1 aliphatic carbocycles. The molecule has 5 fully saturated rings. The molecule has 6 aliphatic heterocycles. The third kappa shape index (κ3) is 1.98.